The van der Waals surface area contributed by atoms with E-state index in [4.69, 9.17) is 16.2 Å². The molecule has 0 aromatic carbocycles. The zero-order chi connectivity index (χ0) is 32.2. The number of ether oxygens (including phenoxy) is 1. The predicted octanol–water partition coefficient (Wildman–Crippen LogP) is 2.90. The molecule has 12 nitrogen and oxygen atoms in total. The summed E-state index contributed by atoms with van der Waals surface area (Å²) in [5.74, 6) is -1.54. The highest BCUT2D eigenvalue weighted by atomic mass is 16.5. The van der Waals surface area contributed by atoms with Gasteiger partial charge in [-0.25, -0.2) is 4.68 Å². The van der Waals surface area contributed by atoms with Crippen LogP contribution in [0.5, 0.6) is 0 Å². The van der Waals surface area contributed by atoms with Gasteiger partial charge in [-0.2, -0.15) is 0 Å². The molecule has 1 heterocycles. The highest BCUT2D eigenvalue weighted by Crippen LogP contribution is 2.19. The number of hydrogen-bond donors (Lipinski definition) is 3. The Hall–Kier alpha value is -3.15. The number of unbranched alkanes of at least 4 members (excludes halogenated alkanes) is 3. The fourth-order valence-corrected chi connectivity index (χ4v) is 4.83. The van der Waals surface area contributed by atoms with Crippen molar-refractivity contribution in [3.63, 3.8) is 0 Å². The molecule has 0 fully saturated rings. The molecule has 0 bridgehead atoms. The minimum Gasteiger partial charge on any atom is -0.379 e. The number of carbonyl (C=O) groups is 5. The number of nitrogens with two attached hydrogens (primary N) is 2. The van der Waals surface area contributed by atoms with E-state index in [2.05, 4.69) is 29.5 Å². The molecule has 3 amide bonds. The maximum atomic E-state index is 12.2. The molecule has 1 aromatic rings. The first-order chi connectivity index (χ1) is 20.4. The van der Waals surface area contributed by atoms with Crippen molar-refractivity contribution in [2.45, 2.75) is 111 Å². The summed E-state index contributed by atoms with van der Waals surface area (Å²) in [5, 5.41) is 11.0. The standard InChI is InChI=1S/C31H54N6O6/c1-22(2)20-24(30(32)41)10-6-5-7-11-26(38)15-18-43-19-17-37-21-25(35-36-37)13-14-28(39)34-16-9-8-12-27(31(33)42)29(40)23(3)4/h21-24,27H,5-20H2,1-4H3,(H2,32,41)(H2,33,42)(H,34,39). The topological polar surface area (TPSA) is 189 Å². The van der Waals surface area contributed by atoms with Crippen molar-refractivity contribution in [3.05, 3.63) is 11.9 Å². The van der Waals surface area contributed by atoms with Crippen LogP contribution in [0.4, 0.5) is 0 Å². The molecular formula is C31H54N6O6. The van der Waals surface area contributed by atoms with E-state index in [0.717, 1.165) is 32.1 Å². The van der Waals surface area contributed by atoms with E-state index in [1.807, 2.05) is 0 Å². The third-order valence-corrected chi connectivity index (χ3v) is 7.35. The highest BCUT2D eigenvalue weighted by Gasteiger charge is 2.25. The van der Waals surface area contributed by atoms with Gasteiger partial charge in [-0.05, 0) is 38.0 Å². The SMILES string of the molecule is CC(C)CC(CCCCCC(=O)CCOCCn1cc(CCC(=O)NCCCCC(C(N)=O)C(=O)C(C)C)nn1)C(N)=O. The van der Waals surface area contributed by atoms with Crippen LogP contribution in [0.2, 0.25) is 0 Å². The number of nitrogens with zero attached hydrogens (tertiary/aromatic N) is 3. The second kappa shape index (κ2) is 21.5. The fraction of sp³-hybridized carbons (Fsp3) is 0.774. The minimum absolute atomic E-state index is 0.0780. The van der Waals surface area contributed by atoms with Crippen molar-refractivity contribution < 1.29 is 28.7 Å². The number of nitrogens with one attached hydrogen (secondary N) is 1. The van der Waals surface area contributed by atoms with Gasteiger partial charge in [-0.3, -0.25) is 24.0 Å². The largest absolute Gasteiger partial charge is 0.379 e. The van der Waals surface area contributed by atoms with Crippen molar-refractivity contribution >= 4 is 29.3 Å². The Bertz CT molecular complexity index is 1010. The van der Waals surface area contributed by atoms with Crippen LogP contribution < -0.4 is 16.8 Å². The monoisotopic (exact) mass is 606 g/mol. The molecule has 0 saturated carbocycles. The van der Waals surface area contributed by atoms with E-state index >= 15 is 0 Å². The summed E-state index contributed by atoms with van der Waals surface area (Å²) in [6.07, 6.45) is 9.28. The Morgan fingerprint density at radius 1 is 0.884 bits per heavy atom. The zero-order valence-corrected chi connectivity index (χ0v) is 26.6. The van der Waals surface area contributed by atoms with E-state index < -0.39 is 11.8 Å². The van der Waals surface area contributed by atoms with Gasteiger partial charge >= 0.3 is 0 Å². The Balaban J connectivity index is 2.11. The van der Waals surface area contributed by atoms with E-state index in [9.17, 15) is 24.0 Å². The first-order valence-corrected chi connectivity index (χ1v) is 15.8. The van der Waals surface area contributed by atoms with Crippen LogP contribution >= 0.6 is 0 Å². The Kier molecular flexibility index (Phi) is 19.0. The van der Waals surface area contributed by atoms with Gasteiger partial charge < -0.3 is 21.5 Å². The number of rotatable bonds is 26. The van der Waals surface area contributed by atoms with E-state index in [0.29, 0.717) is 76.4 Å². The highest BCUT2D eigenvalue weighted by molar-refractivity contribution is 6.01. The van der Waals surface area contributed by atoms with Gasteiger partial charge in [-0.1, -0.05) is 52.2 Å². The summed E-state index contributed by atoms with van der Waals surface area (Å²) in [5.41, 5.74) is 11.6. The van der Waals surface area contributed by atoms with Crippen LogP contribution in [-0.4, -0.2) is 64.0 Å². The number of primary amides is 2. The first kappa shape index (κ1) is 37.9. The average Bonchev–Trinajstić information content (AvgIpc) is 3.39. The van der Waals surface area contributed by atoms with Crippen molar-refractivity contribution in [1.29, 1.82) is 0 Å². The van der Waals surface area contributed by atoms with Gasteiger partial charge in [0.25, 0.3) is 0 Å². The van der Waals surface area contributed by atoms with Crippen LogP contribution in [0.15, 0.2) is 6.20 Å². The Morgan fingerprint density at radius 3 is 2.26 bits per heavy atom. The number of carbonyl (C=O) groups excluding carboxylic acids is 5. The molecule has 43 heavy (non-hydrogen) atoms. The van der Waals surface area contributed by atoms with Gasteiger partial charge in [0.2, 0.25) is 17.7 Å². The number of hydrogen-bond acceptors (Lipinski definition) is 8. The quantitative estimate of drug-likeness (QED) is 0.106. The lowest BCUT2D eigenvalue weighted by atomic mass is 9.90. The zero-order valence-electron chi connectivity index (χ0n) is 26.6. The second-order valence-corrected chi connectivity index (χ2v) is 12.1. The van der Waals surface area contributed by atoms with E-state index in [-0.39, 0.29) is 41.6 Å². The average molecular weight is 607 g/mol. The summed E-state index contributed by atoms with van der Waals surface area (Å²) in [7, 11) is 0. The van der Waals surface area contributed by atoms with Crippen LogP contribution in [0.1, 0.15) is 104 Å². The number of Topliss-reactive ketones (excluding diaryl/α,β-unsaturated/α-hetero) is 2. The van der Waals surface area contributed by atoms with E-state index in [1.54, 1.807) is 24.7 Å². The maximum Gasteiger partial charge on any atom is 0.228 e. The molecule has 12 heteroatoms. The van der Waals surface area contributed by atoms with Crippen LogP contribution in [0, 0.1) is 23.7 Å². The summed E-state index contributed by atoms with van der Waals surface area (Å²) in [6.45, 7) is 9.39. The van der Waals surface area contributed by atoms with Crippen molar-refractivity contribution in [2.24, 2.45) is 35.1 Å². The summed E-state index contributed by atoms with van der Waals surface area (Å²) < 4.78 is 7.24. The fourth-order valence-electron chi connectivity index (χ4n) is 4.83. The molecule has 0 radical (unpaired) electrons. The maximum absolute atomic E-state index is 12.2. The Morgan fingerprint density at radius 2 is 1.60 bits per heavy atom. The molecule has 1 aromatic heterocycles. The van der Waals surface area contributed by atoms with Gasteiger partial charge in [0, 0.05) is 50.3 Å². The lowest BCUT2D eigenvalue weighted by Crippen LogP contribution is -2.33. The molecule has 0 aliphatic heterocycles. The molecular weight excluding hydrogens is 552 g/mol. The molecule has 0 saturated heterocycles. The predicted molar refractivity (Wildman–Crippen MR) is 163 cm³/mol. The van der Waals surface area contributed by atoms with Crippen molar-refractivity contribution in [3.8, 4) is 0 Å². The molecule has 244 valence electrons. The molecule has 5 N–H and O–H groups in total. The van der Waals surface area contributed by atoms with Gasteiger partial charge in [0.05, 0.1) is 31.4 Å². The number of ketones is 2. The molecule has 1 rings (SSSR count). The lowest BCUT2D eigenvalue weighted by Gasteiger charge is -2.15. The minimum atomic E-state index is -0.767. The third-order valence-electron chi connectivity index (χ3n) is 7.35. The van der Waals surface area contributed by atoms with Gasteiger partial charge in [0.15, 0.2) is 0 Å². The van der Waals surface area contributed by atoms with Gasteiger partial charge in [0.1, 0.15) is 11.6 Å². The summed E-state index contributed by atoms with van der Waals surface area (Å²) in [4.78, 5) is 59.4. The summed E-state index contributed by atoms with van der Waals surface area (Å²) >= 11 is 0. The normalized spacial score (nSPS) is 12.8. The molecule has 2 unspecified atom stereocenters. The molecule has 0 spiro atoms. The molecule has 0 aliphatic carbocycles. The van der Waals surface area contributed by atoms with E-state index in [1.165, 1.54) is 0 Å². The second-order valence-electron chi connectivity index (χ2n) is 12.1. The van der Waals surface area contributed by atoms with Crippen LogP contribution in [0.25, 0.3) is 0 Å². The molecule has 2 atom stereocenters. The number of aryl methyl sites for hydroxylation is 1. The Labute approximate surface area is 256 Å². The van der Waals surface area contributed by atoms with Gasteiger partial charge in [-0.15, -0.1) is 5.10 Å². The third kappa shape index (κ3) is 17.5. The first-order valence-electron chi connectivity index (χ1n) is 15.8. The smallest absolute Gasteiger partial charge is 0.228 e. The number of aromatic nitrogens is 3. The lowest BCUT2D eigenvalue weighted by molar-refractivity contribution is -0.134. The van der Waals surface area contributed by atoms with Crippen molar-refractivity contribution in [1.82, 2.24) is 20.3 Å². The summed E-state index contributed by atoms with van der Waals surface area (Å²) in [6, 6.07) is 0. The number of amides is 3. The van der Waals surface area contributed by atoms with Crippen LogP contribution in [0.3, 0.4) is 0 Å². The molecule has 0 aliphatic rings. The van der Waals surface area contributed by atoms with Crippen molar-refractivity contribution in [2.75, 3.05) is 19.8 Å². The van der Waals surface area contributed by atoms with Crippen LogP contribution in [-0.2, 0) is 41.7 Å².